The molecule has 28 heavy (non-hydrogen) atoms. The molecule has 2 aromatic rings. The second-order valence-electron chi connectivity index (χ2n) is 5.16. The Labute approximate surface area is 159 Å². The first-order chi connectivity index (χ1) is 13.2. The van der Waals surface area contributed by atoms with Crippen molar-refractivity contribution in [3.05, 3.63) is 73.4 Å². The van der Waals surface area contributed by atoms with Crippen LogP contribution in [0.25, 0.3) is 6.08 Å². The molecule has 0 radical (unpaired) electrons. The first-order valence-electron chi connectivity index (χ1n) is 7.28. The van der Waals surface area contributed by atoms with E-state index >= 15 is 0 Å². The highest BCUT2D eigenvalue weighted by molar-refractivity contribution is 8.02. The zero-order valence-corrected chi connectivity index (χ0v) is 14.8. The molecule has 0 saturated carbocycles. The van der Waals surface area contributed by atoms with Crippen LogP contribution in [0.3, 0.4) is 0 Å². The van der Waals surface area contributed by atoms with Gasteiger partial charge in [0.1, 0.15) is 6.07 Å². The van der Waals surface area contributed by atoms with Crippen LogP contribution >= 0.6 is 11.8 Å². The molecule has 0 saturated heterocycles. The van der Waals surface area contributed by atoms with E-state index < -0.39 is 39.6 Å². The molecule has 146 valence electrons. The Hall–Kier alpha value is -3.13. The summed E-state index contributed by atoms with van der Waals surface area (Å²) in [6.07, 6.45) is 0.527. The summed E-state index contributed by atoms with van der Waals surface area (Å²) >= 11 is 0.701. The molecule has 0 amide bonds. The van der Waals surface area contributed by atoms with Gasteiger partial charge in [-0.25, -0.2) is 22.0 Å². The molecule has 0 aliphatic carbocycles. The predicted molar refractivity (Wildman–Crippen MR) is 90.8 cm³/mol. The van der Waals surface area contributed by atoms with Gasteiger partial charge < -0.3 is 4.74 Å². The third kappa shape index (κ3) is 4.23. The Kier molecular flexibility index (Phi) is 6.58. The lowest BCUT2D eigenvalue weighted by Crippen LogP contribution is -2.04. The lowest BCUT2D eigenvalue weighted by Gasteiger charge is -2.06. The molecule has 11 heteroatoms. The van der Waals surface area contributed by atoms with Gasteiger partial charge in [0.05, 0.1) is 22.5 Å². The second-order valence-corrected chi connectivity index (χ2v) is 6.17. The second kappa shape index (κ2) is 8.71. The highest BCUT2D eigenvalue weighted by Crippen LogP contribution is 2.32. The molecule has 0 aliphatic rings. The van der Waals surface area contributed by atoms with Gasteiger partial charge in [-0.05, 0) is 17.7 Å². The summed E-state index contributed by atoms with van der Waals surface area (Å²) in [5.41, 5.74) is -1.21. The van der Waals surface area contributed by atoms with Crippen LogP contribution in [0.2, 0.25) is 0 Å². The van der Waals surface area contributed by atoms with Crippen LogP contribution < -0.4 is 4.74 Å². The Morgan fingerprint density at radius 2 is 1.75 bits per heavy atom. The van der Waals surface area contributed by atoms with Crippen LogP contribution in [0.15, 0.2) is 23.1 Å². The van der Waals surface area contributed by atoms with Gasteiger partial charge >= 0.3 is 5.69 Å². The van der Waals surface area contributed by atoms with E-state index in [1.165, 1.54) is 25.3 Å². The van der Waals surface area contributed by atoms with Crippen molar-refractivity contribution in [3.63, 3.8) is 0 Å². The summed E-state index contributed by atoms with van der Waals surface area (Å²) in [7, 11) is 1.25. The van der Waals surface area contributed by atoms with Gasteiger partial charge in [0.15, 0.2) is 29.0 Å². The molecule has 0 atom stereocenters. The van der Waals surface area contributed by atoms with Crippen molar-refractivity contribution in [1.29, 1.82) is 5.26 Å². The predicted octanol–water partition coefficient (Wildman–Crippen LogP) is 5.10. The number of ether oxygens (including phenoxy) is 1. The number of rotatable bonds is 6. The van der Waals surface area contributed by atoms with E-state index in [2.05, 4.69) is 0 Å². The van der Waals surface area contributed by atoms with E-state index in [9.17, 15) is 32.1 Å². The number of benzene rings is 2. The fraction of sp³-hybridized carbons (Fsp3) is 0.118. The topological polar surface area (TPSA) is 76.2 Å². The van der Waals surface area contributed by atoms with E-state index in [0.29, 0.717) is 23.4 Å². The van der Waals surface area contributed by atoms with Gasteiger partial charge in [-0.2, -0.15) is 5.26 Å². The van der Waals surface area contributed by atoms with Crippen molar-refractivity contribution >= 4 is 23.5 Å². The number of hydrogen-bond acceptors (Lipinski definition) is 5. The summed E-state index contributed by atoms with van der Waals surface area (Å²) in [6.45, 7) is 0. The average Bonchev–Trinajstić information content (AvgIpc) is 2.70. The van der Waals surface area contributed by atoms with Crippen molar-refractivity contribution in [1.82, 2.24) is 0 Å². The fourth-order valence-electron chi connectivity index (χ4n) is 2.12. The Balaban J connectivity index is 2.33. The summed E-state index contributed by atoms with van der Waals surface area (Å²) < 4.78 is 71.8. The standard InChI is InChI=1S/C17H9F5N2O3S/c1-27-12-3-2-8(4-11(12)24(25)26)7-28-9(6-23)5-10-13(18)15(20)17(22)16(21)14(10)19/h2-5H,7H2,1H3/b9-5+. The average molecular weight is 416 g/mol. The van der Waals surface area contributed by atoms with E-state index in [0.717, 1.165) is 0 Å². The Bertz CT molecular complexity index is 992. The maximum absolute atomic E-state index is 13.7. The summed E-state index contributed by atoms with van der Waals surface area (Å²) in [4.78, 5) is 9.97. The van der Waals surface area contributed by atoms with Crippen LogP contribution in [0, 0.1) is 50.5 Å². The number of hydrogen-bond donors (Lipinski definition) is 0. The zero-order valence-electron chi connectivity index (χ0n) is 13.9. The minimum absolute atomic E-state index is 0.0104. The molecular formula is C17H9F5N2O3S. The normalized spacial score (nSPS) is 11.2. The largest absolute Gasteiger partial charge is 0.490 e. The lowest BCUT2D eigenvalue weighted by atomic mass is 10.1. The number of nitrogens with zero attached hydrogens (tertiary/aromatic N) is 2. The molecule has 2 rings (SSSR count). The van der Waals surface area contributed by atoms with Gasteiger partial charge in [-0.3, -0.25) is 10.1 Å². The number of halogens is 5. The number of nitro benzene ring substituents is 1. The molecular weight excluding hydrogens is 407 g/mol. The molecule has 0 heterocycles. The molecule has 2 aromatic carbocycles. The third-order valence-electron chi connectivity index (χ3n) is 3.46. The Morgan fingerprint density at radius 3 is 2.25 bits per heavy atom. The highest BCUT2D eigenvalue weighted by Gasteiger charge is 2.25. The summed E-state index contributed by atoms with van der Waals surface area (Å²) in [5.74, 6) is -10.7. The van der Waals surface area contributed by atoms with Crippen molar-refractivity contribution in [2.45, 2.75) is 5.75 Å². The number of thioether (sulfide) groups is 1. The SMILES string of the molecule is COc1ccc(CS/C(C#N)=C/c2c(F)c(F)c(F)c(F)c2F)cc1[N+](=O)[O-]. The molecule has 0 bridgehead atoms. The highest BCUT2D eigenvalue weighted by atomic mass is 32.2. The van der Waals surface area contributed by atoms with Crippen molar-refractivity contribution in [2.75, 3.05) is 7.11 Å². The van der Waals surface area contributed by atoms with Gasteiger partial charge in [0.2, 0.25) is 5.82 Å². The van der Waals surface area contributed by atoms with Crippen molar-refractivity contribution < 1.29 is 31.6 Å². The smallest absolute Gasteiger partial charge is 0.311 e. The molecule has 0 unspecified atom stereocenters. The maximum atomic E-state index is 13.7. The van der Waals surface area contributed by atoms with Gasteiger partial charge in [-0.1, -0.05) is 6.07 Å². The number of methoxy groups -OCH3 is 1. The first kappa shape index (κ1) is 21.2. The molecule has 0 aliphatic heterocycles. The molecule has 0 aromatic heterocycles. The van der Waals surface area contributed by atoms with Crippen LogP contribution in [0.4, 0.5) is 27.6 Å². The van der Waals surface area contributed by atoms with Crippen LogP contribution in [-0.2, 0) is 5.75 Å². The van der Waals surface area contributed by atoms with Crippen LogP contribution in [-0.4, -0.2) is 12.0 Å². The van der Waals surface area contributed by atoms with Crippen molar-refractivity contribution in [3.8, 4) is 11.8 Å². The summed E-state index contributed by atoms with van der Waals surface area (Å²) in [6, 6.07) is 5.55. The van der Waals surface area contributed by atoms with E-state index in [1.54, 1.807) is 6.07 Å². The molecule has 5 nitrogen and oxygen atoms in total. The van der Waals surface area contributed by atoms with E-state index in [1.807, 2.05) is 0 Å². The lowest BCUT2D eigenvalue weighted by molar-refractivity contribution is -0.385. The third-order valence-corrected chi connectivity index (χ3v) is 4.46. The van der Waals surface area contributed by atoms with E-state index in [-0.39, 0.29) is 22.1 Å². The number of allylic oxidation sites excluding steroid dienone is 1. The minimum atomic E-state index is -2.30. The number of nitriles is 1. The van der Waals surface area contributed by atoms with E-state index in [4.69, 9.17) is 10.00 Å². The Morgan fingerprint density at radius 1 is 1.18 bits per heavy atom. The maximum Gasteiger partial charge on any atom is 0.311 e. The quantitative estimate of drug-likeness (QED) is 0.164. The fourth-order valence-corrected chi connectivity index (χ4v) is 2.88. The van der Waals surface area contributed by atoms with Crippen molar-refractivity contribution in [2.24, 2.45) is 0 Å². The van der Waals surface area contributed by atoms with Gasteiger partial charge in [0, 0.05) is 11.8 Å². The van der Waals surface area contributed by atoms with Gasteiger partial charge in [-0.15, -0.1) is 11.8 Å². The van der Waals surface area contributed by atoms with Crippen LogP contribution in [0.1, 0.15) is 11.1 Å². The molecule has 0 spiro atoms. The molecule has 0 N–H and O–H groups in total. The minimum Gasteiger partial charge on any atom is -0.490 e. The number of nitro groups is 1. The monoisotopic (exact) mass is 416 g/mol. The van der Waals surface area contributed by atoms with Gasteiger partial charge in [0.25, 0.3) is 0 Å². The van der Waals surface area contributed by atoms with Crippen LogP contribution in [0.5, 0.6) is 5.75 Å². The molecule has 0 fully saturated rings. The first-order valence-corrected chi connectivity index (χ1v) is 8.27. The summed E-state index contributed by atoms with van der Waals surface area (Å²) in [5, 5.41) is 20.1. The zero-order chi connectivity index (χ0) is 21.0.